The van der Waals surface area contributed by atoms with Gasteiger partial charge in [0.05, 0.1) is 5.92 Å². The molecule has 0 N–H and O–H groups in total. The minimum Gasteiger partial charge on any atom is -0.464 e. The number of benzene rings is 2. The molecule has 4 nitrogen and oxygen atoms in total. The molecule has 4 heteroatoms. The smallest absolute Gasteiger partial charge is 0.313 e. The average Bonchev–Trinajstić information content (AvgIpc) is 3.09. The van der Waals surface area contributed by atoms with Crippen molar-refractivity contribution >= 4 is 27.5 Å². The van der Waals surface area contributed by atoms with E-state index in [0.29, 0.717) is 23.4 Å². The van der Waals surface area contributed by atoms with Crippen molar-refractivity contribution in [3.05, 3.63) is 70.4 Å². The number of nitrogens with zero attached hydrogens (tertiary/aromatic N) is 1. The van der Waals surface area contributed by atoms with Crippen molar-refractivity contribution < 1.29 is 9.53 Å². The molecule has 1 aliphatic heterocycles. The van der Waals surface area contributed by atoms with Crippen LogP contribution in [0.5, 0.6) is 0 Å². The van der Waals surface area contributed by atoms with E-state index < -0.39 is 0 Å². The van der Waals surface area contributed by atoms with E-state index in [1.54, 1.807) is 0 Å². The molecule has 29 heavy (non-hydrogen) atoms. The molecule has 0 saturated carbocycles. The molecule has 0 bridgehead atoms. The van der Waals surface area contributed by atoms with Gasteiger partial charge in [-0.05, 0) is 49.6 Å². The third kappa shape index (κ3) is 4.03. The lowest BCUT2D eigenvalue weighted by atomic mass is 9.98. The molecule has 0 aliphatic carbocycles. The molecule has 1 saturated heterocycles. The third-order valence-corrected chi connectivity index (χ3v) is 6.14. The summed E-state index contributed by atoms with van der Waals surface area (Å²) < 4.78 is 5.54. The first-order valence-electron chi connectivity index (χ1n) is 10.4. The zero-order chi connectivity index (χ0) is 20.4. The minimum absolute atomic E-state index is 0.0158. The second kappa shape index (κ2) is 8.34. The van der Waals surface area contributed by atoms with E-state index in [0.717, 1.165) is 29.4 Å². The van der Waals surface area contributed by atoms with E-state index in [1.165, 1.54) is 12.8 Å². The summed E-state index contributed by atoms with van der Waals surface area (Å²) in [7, 11) is 0. The van der Waals surface area contributed by atoms with Crippen molar-refractivity contribution in [2.75, 3.05) is 19.7 Å². The predicted octanol–water partition coefficient (Wildman–Crippen LogP) is 4.48. The van der Waals surface area contributed by atoms with E-state index in [4.69, 9.17) is 4.74 Å². The minimum atomic E-state index is -0.370. The molecule has 3 aromatic rings. The highest BCUT2D eigenvalue weighted by molar-refractivity contribution is 5.94. The van der Waals surface area contributed by atoms with Crippen molar-refractivity contribution in [1.82, 2.24) is 4.90 Å². The Balaban J connectivity index is 1.53. The number of carbonyl (C=O) groups is 1. The third-order valence-electron chi connectivity index (χ3n) is 6.14. The highest BCUT2D eigenvalue weighted by atomic mass is 16.5. The Kier molecular flexibility index (Phi) is 5.63. The van der Waals surface area contributed by atoms with Gasteiger partial charge in [-0.1, -0.05) is 54.6 Å². The van der Waals surface area contributed by atoms with Crippen LogP contribution in [0.2, 0.25) is 0 Å². The fraction of sp³-hybridized carbons (Fsp3) is 0.360. The summed E-state index contributed by atoms with van der Waals surface area (Å²) in [6.07, 6.45) is 2.44. The van der Waals surface area contributed by atoms with E-state index >= 15 is 0 Å². The van der Waals surface area contributed by atoms with Crippen LogP contribution in [0.1, 0.15) is 38.2 Å². The van der Waals surface area contributed by atoms with Gasteiger partial charge in [-0.25, -0.2) is 0 Å². The van der Waals surface area contributed by atoms with Gasteiger partial charge >= 0.3 is 5.97 Å². The molecule has 4 rings (SSSR count). The Labute approximate surface area is 171 Å². The van der Waals surface area contributed by atoms with Crippen LogP contribution in [0.4, 0.5) is 0 Å². The van der Waals surface area contributed by atoms with E-state index in [-0.39, 0.29) is 17.3 Å². The van der Waals surface area contributed by atoms with E-state index in [1.807, 2.05) is 61.5 Å². The van der Waals surface area contributed by atoms with Gasteiger partial charge in [0, 0.05) is 23.4 Å². The Morgan fingerprint density at radius 1 is 1.10 bits per heavy atom. The summed E-state index contributed by atoms with van der Waals surface area (Å²) in [5, 5.41) is 3.13. The van der Waals surface area contributed by atoms with Crippen LogP contribution in [-0.2, 0) is 9.53 Å². The van der Waals surface area contributed by atoms with Crippen LogP contribution in [0.3, 0.4) is 0 Å². The van der Waals surface area contributed by atoms with Crippen LogP contribution in [-0.4, -0.2) is 36.6 Å². The molecule has 0 spiro atoms. The Morgan fingerprint density at radius 2 is 1.86 bits per heavy atom. The standard InChI is InChI=1S/C25H27NO3/c1-17-6-5-13-26(17)14-15-29-25(28)18(2)20-11-12-23-21(16-20)10-9-19-7-3-4-8-22(19)24(23)27/h3-4,7-12,16-18H,5-6,13-15H2,1-2H3. The number of hydrogen-bond donors (Lipinski definition) is 0. The number of fused-ring (bicyclic) bond motifs is 2. The number of esters is 1. The monoisotopic (exact) mass is 389 g/mol. The summed E-state index contributed by atoms with van der Waals surface area (Å²) in [4.78, 5) is 27.8. The number of likely N-dealkylation sites (tertiary alicyclic amines) is 1. The average molecular weight is 389 g/mol. The van der Waals surface area contributed by atoms with Crippen molar-refractivity contribution in [1.29, 1.82) is 0 Å². The number of hydrogen-bond acceptors (Lipinski definition) is 4. The van der Waals surface area contributed by atoms with Crippen LogP contribution >= 0.6 is 0 Å². The zero-order valence-electron chi connectivity index (χ0n) is 17.1. The summed E-state index contributed by atoms with van der Waals surface area (Å²) in [5.74, 6) is -0.588. The zero-order valence-corrected chi connectivity index (χ0v) is 17.1. The second-order valence-electron chi connectivity index (χ2n) is 8.01. The molecule has 1 fully saturated rings. The van der Waals surface area contributed by atoms with Crippen molar-refractivity contribution in [3.8, 4) is 0 Å². The quantitative estimate of drug-likeness (QED) is 0.604. The molecule has 0 amide bonds. The number of carbonyl (C=O) groups excluding carboxylic acids is 1. The number of ether oxygens (including phenoxy) is 1. The first kappa shape index (κ1) is 19.6. The molecule has 3 aromatic carbocycles. The maximum absolute atomic E-state index is 12.9. The summed E-state index contributed by atoms with van der Waals surface area (Å²) in [6, 6.07) is 17.7. The molecule has 0 radical (unpaired) electrons. The van der Waals surface area contributed by atoms with Crippen molar-refractivity contribution in [2.45, 2.75) is 38.6 Å². The SMILES string of the molecule is CC(C(=O)OCCN1CCCC1C)c1ccc2c(=O)c3ccccc3ccc2c1. The summed E-state index contributed by atoms with van der Waals surface area (Å²) in [5.41, 5.74) is 0.883. The van der Waals surface area contributed by atoms with Crippen LogP contribution in [0.15, 0.2) is 59.4 Å². The summed E-state index contributed by atoms with van der Waals surface area (Å²) >= 11 is 0. The van der Waals surface area contributed by atoms with Crippen LogP contribution in [0, 0.1) is 0 Å². The lowest BCUT2D eigenvalue weighted by Gasteiger charge is -2.21. The maximum atomic E-state index is 12.9. The van der Waals surface area contributed by atoms with Gasteiger partial charge in [-0.15, -0.1) is 0 Å². The largest absolute Gasteiger partial charge is 0.464 e. The second-order valence-corrected chi connectivity index (χ2v) is 8.01. The molecular weight excluding hydrogens is 362 g/mol. The first-order chi connectivity index (χ1) is 14.0. The molecule has 1 aliphatic rings. The molecule has 1 heterocycles. The highest BCUT2D eigenvalue weighted by Gasteiger charge is 2.21. The van der Waals surface area contributed by atoms with Crippen molar-refractivity contribution in [2.24, 2.45) is 0 Å². The predicted molar refractivity (Wildman–Crippen MR) is 117 cm³/mol. The van der Waals surface area contributed by atoms with Gasteiger partial charge in [-0.3, -0.25) is 14.5 Å². The van der Waals surface area contributed by atoms with Gasteiger partial charge in [-0.2, -0.15) is 0 Å². The fourth-order valence-corrected chi connectivity index (χ4v) is 4.22. The lowest BCUT2D eigenvalue weighted by molar-refractivity contribution is -0.145. The van der Waals surface area contributed by atoms with Crippen LogP contribution < -0.4 is 5.43 Å². The van der Waals surface area contributed by atoms with E-state index in [9.17, 15) is 9.59 Å². The fourth-order valence-electron chi connectivity index (χ4n) is 4.22. The van der Waals surface area contributed by atoms with Gasteiger partial charge < -0.3 is 4.74 Å². The van der Waals surface area contributed by atoms with Gasteiger partial charge in [0.2, 0.25) is 0 Å². The van der Waals surface area contributed by atoms with Gasteiger partial charge in [0.25, 0.3) is 0 Å². The maximum Gasteiger partial charge on any atom is 0.313 e. The van der Waals surface area contributed by atoms with Gasteiger partial charge in [0.1, 0.15) is 6.61 Å². The Morgan fingerprint density at radius 3 is 2.66 bits per heavy atom. The van der Waals surface area contributed by atoms with Gasteiger partial charge in [0.15, 0.2) is 5.43 Å². The highest BCUT2D eigenvalue weighted by Crippen LogP contribution is 2.23. The van der Waals surface area contributed by atoms with E-state index in [2.05, 4.69) is 11.8 Å². The molecule has 0 aromatic heterocycles. The normalized spacial score (nSPS) is 18.2. The number of rotatable bonds is 5. The Bertz CT molecular complexity index is 1110. The van der Waals surface area contributed by atoms with Crippen LogP contribution in [0.25, 0.3) is 21.5 Å². The lowest BCUT2D eigenvalue weighted by Crippen LogP contribution is -2.31. The van der Waals surface area contributed by atoms with Crippen molar-refractivity contribution in [3.63, 3.8) is 0 Å². The first-order valence-corrected chi connectivity index (χ1v) is 10.4. The molecule has 2 unspecified atom stereocenters. The Hall–Kier alpha value is -2.72. The molecule has 2 atom stereocenters. The molecule has 150 valence electrons. The topological polar surface area (TPSA) is 46.6 Å². The summed E-state index contributed by atoms with van der Waals surface area (Å²) in [6.45, 7) is 6.38. The molecular formula is C25H27NO3.